The Bertz CT molecular complexity index is 1330. The van der Waals surface area contributed by atoms with E-state index in [4.69, 9.17) is 14.2 Å². The summed E-state index contributed by atoms with van der Waals surface area (Å²) in [5, 5.41) is 10.3. The van der Waals surface area contributed by atoms with Gasteiger partial charge in [-0.25, -0.2) is 0 Å². The number of phenols is 1. The van der Waals surface area contributed by atoms with E-state index in [9.17, 15) is 9.90 Å². The zero-order valence-corrected chi connectivity index (χ0v) is 22.0. The number of allylic oxidation sites excluding steroid dienone is 3. The molecule has 1 N–H and O–H groups in total. The number of aromatic hydroxyl groups is 1. The molecule has 3 aromatic carbocycles. The molecule has 37 heavy (non-hydrogen) atoms. The van der Waals surface area contributed by atoms with Gasteiger partial charge in [-0.1, -0.05) is 42.5 Å². The van der Waals surface area contributed by atoms with Crippen LogP contribution in [0.5, 0.6) is 23.0 Å². The summed E-state index contributed by atoms with van der Waals surface area (Å²) in [6.07, 6.45) is 3.05. The summed E-state index contributed by atoms with van der Waals surface area (Å²) in [5.41, 5.74) is 7.28. The van der Waals surface area contributed by atoms with Crippen molar-refractivity contribution in [2.75, 3.05) is 28.4 Å². The van der Waals surface area contributed by atoms with Crippen LogP contribution in [0.1, 0.15) is 35.6 Å². The average molecular weight is 500 g/mol. The van der Waals surface area contributed by atoms with Gasteiger partial charge in [0.25, 0.3) is 0 Å². The maximum atomic E-state index is 13.3. The molecular formula is C31H33NO5. The first-order valence-electron chi connectivity index (χ1n) is 12.2. The lowest BCUT2D eigenvalue weighted by atomic mass is 10.00. The summed E-state index contributed by atoms with van der Waals surface area (Å²) in [5.74, 6) is 1.52. The Balaban J connectivity index is 1.65. The second-order valence-corrected chi connectivity index (χ2v) is 9.10. The first-order valence-corrected chi connectivity index (χ1v) is 12.2. The van der Waals surface area contributed by atoms with Crippen molar-refractivity contribution in [1.82, 2.24) is 4.90 Å². The van der Waals surface area contributed by atoms with E-state index >= 15 is 0 Å². The topological polar surface area (TPSA) is 68.2 Å². The number of hydrogen-bond donors (Lipinski definition) is 1. The molecule has 0 unspecified atom stereocenters. The molecule has 0 atom stereocenters. The summed E-state index contributed by atoms with van der Waals surface area (Å²) in [4.78, 5) is 15.0. The van der Waals surface area contributed by atoms with Crippen molar-refractivity contribution in [2.45, 2.75) is 26.3 Å². The first kappa shape index (κ1) is 25.9. The molecule has 0 bridgehead atoms. The van der Waals surface area contributed by atoms with Gasteiger partial charge < -0.3 is 24.2 Å². The van der Waals surface area contributed by atoms with Crippen LogP contribution in [0.3, 0.4) is 0 Å². The quantitative estimate of drug-likeness (QED) is 0.398. The zero-order valence-electron chi connectivity index (χ0n) is 22.0. The number of nitrogens with zero attached hydrogens (tertiary/aromatic N) is 1. The van der Waals surface area contributed by atoms with Gasteiger partial charge in [-0.05, 0) is 76.6 Å². The van der Waals surface area contributed by atoms with Gasteiger partial charge in [0.05, 0.1) is 27.8 Å². The van der Waals surface area contributed by atoms with Crippen molar-refractivity contribution in [3.05, 3.63) is 94.6 Å². The van der Waals surface area contributed by atoms with Gasteiger partial charge in [-0.15, -0.1) is 0 Å². The van der Waals surface area contributed by atoms with Crippen molar-refractivity contribution < 1.29 is 24.1 Å². The predicted molar refractivity (Wildman–Crippen MR) is 146 cm³/mol. The molecule has 3 aromatic rings. The van der Waals surface area contributed by atoms with Crippen molar-refractivity contribution in [1.29, 1.82) is 0 Å². The number of methoxy groups -OCH3 is 3. The highest BCUT2D eigenvalue weighted by Gasteiger charge is 2.26. The second kappa shape index (κ2) is 11.2. The van der Waals surface area contributed by atoms with Crippen LogP contribution in [0, 0.1) is 0 Å². The average Bonchev–Trinajstić information content (AvgIpc) is 3.17. The van der Waals surface area contributed by atoms with E-state index in [0.29, 0.717) is 30.9 Å². The fourth-order valence-electron chi connectivity index (χ4n) is 4.71. The number of carbonyl (C=O) groups is 1. The molecule has 0 radical (unpaired) electrons. The molecule has 4 rings (SSSR count). The Morgan fingerprint density at radius 3 is 2.19 bits per heavy atom. The molecule has 0 aromatic heterocycles. The summed E-state index contributed by atoms with van der Waals surface area (Å²) in [7, 11) is 6.52. The highest BCUT2D eigenvalue weighted by molar-refractivity contribution is 6.04. The van der Waals surface area contributed by atoms with Crippen LogP contribution in [0.15, 0.2) is 72.3 Å². The van der Waals surface area contributed by atoms with E-state index in [0.717, 1.165) is 44.7 Å². The van der Waals surface area contributed by atoms with Crippen molar-refractivity contribution >= 4 is 17.1 Å². The molecule has 0 fully saturated rings. The molecule has 1 aliphatic rings. The van der Waals surface area contributed by atoms with Crippen LogP contribution in [-0.2, 0) is 17.8 Å². The maximum Gasteiger partial charge on any atom is 0.227 e. The fraction of sp³-hybridized carbons (Fsp3) is 0.258. The number of benzene rings is 3. The molecule has 0 heterocycles. The van der Waals surface area contributed by atoms with E-state index in [1.54, 1.807) is 24.1 Å². The summed E-state index contributed by atoms with van der Waals surface area (Å²) in [6, 6.07) is 19.6. The van der Waals surface area contributed by atoms with E-state index in [2.05, 4.69) is 13.0 Å². The van der Waals surface area contributed by atoms with E-state index < -0.39 is 0 Å². The summed E-state index contributed by atoms with van der Waals surface area (Å²) >= 11 is 0. The lowest BCUT2D eigenvalue weighted by Gasteiger charge is -2.18. The van der Waals surface area contributed by atoms with E-state index in [1.165, 1.54) is 14.2 Å². The van der Waals surface area contributed by atoms with Gasteiger partial charge >= 0.3 is 0 Å². The summed E-state index contributed by atoms with van der Waals surface area (Å²) < 4.78 is 16.1. The number of rotatable bonds is 9. The van der Waals surface area contributed by atoms with Gasteiger partial charge in [-0.3, -0.25) is 4.79 Å². The van der Waals surface area contributed by atoms with Gasteiger partial charge in [-0.2, -0.15) is 0 Å². The van der Waals surface area contributed by atoms with Crippen LogP contribution in [0.4, 0.5) is 0 Å². The minimum atomic E-state index is -0.0174. The molecule has 0 saturated carbocycles. The van der Waals surface area contributed by atoms with Gasteiger partial charge in [0.1, 0.15) is 5.75 Å². The molecule has 6 heteroatoms. The highest BCUT2D eigenvalue weighted by atomic mass is 16.5. The number of phenolic OH excluding ortho intramolecular Hbond substituents is 1. The Labute approximate surface area is 218 Å². The molecule has 6 nitrogen and oxygen atoms in total. The smallest absolute Gasteiger partial charge is 0.227 e. The number of fused-ring (bicyclic) bond motifs is 1. The summed E-state index contributed by atoms with van der Waals surface area (Å²) in [6.45, 7) is 2.63. The predicted octanol–water partition coefficient (Wildman–Crippen LogP) is 5.88. The molecular weight excluding hydrogens is 466 g/mol. The lowest BCUT2D eigenvalue weighted by molar-refractivity contribution is -0.129. The Morgan fingerprint density at radius 2 is 1.57 bits per heavy atom. The van der Waals surface area contributed by atoms with Crippen LogP contribution < -0.4 is 14.2 Å². The number of carbonyl (C=O) groups excluding carboxylic acids is 1. The van der Waals surface area contributed by atoms with Crippen molar-refractivity contribution in [3.63, 3.8) is 0 Å². The van der Waals surface area contributed by atoms with Gasteiger partial charge in [0.15, 0.2) is 11.5 Å². The van der Waals surface area contributed by atoms with Gasteiger partial charge in [0.2, 0.25) is 11.7 Å². The largest absolute Gasteiger partial charge is 0.502 e. The molecule has 0 saturated heterocycles. The van der Waals surface area contributed by atoms with E-state index in [1.807, 2.05) is 55.6 Å². The fourth-order valence-corrected chi connectivity index (χ4v) is 4.71. The minimum Gasteiger partial charge on any atom is -0.502 e. The first-order chi connectivity index (χ1) is 17.9. The Morgan fingerprint density at radius 1 is 0.892 bits per heavy atom. The standard InChI is InChI=1S/C31H33NO5/c1-20-24(13-11-22-15-28(36-4)31(34)29(16-22)37-5)25-14-12-23(35-3)17-27(25)26(20)18-30(33)32(2)19-21-9-7-6-8-10-21/h6-10,12-17,34H,11,18-19H2,1-5H3/b24-13-. The molecule has 1 aliphatic carbocycles. The van der Waals surface area contributed by atoms with Gasteiger partial charge in [0, 0.05) is 13.6 Å². The van der Waals surface area contributed by atoms with Crippen LogP contribution in [0.25, 0.3) is 11.1 Å². The normalized spacial score (nSPS) is 13.5. The lowest BCUT2D eigenvalue weighted by Crippen LogP contribution is -2.26. The Hall–Kier alpha value is -4.19. The second-order valence-electron chi connectivity index (χ2n) is 9.10. The maximum absolute atomic E-state index is 13.3. The third-order valence-electron chi connectivity index (χ3n) is 6.80. The molecule has 1 amide bonds. The number of hydrogen-bond acceptors (Lipinski definition) is 5. The third kappa shape index (κ3) is 5.48. The zero-order chi connectivity index (χ0) is 26.5. The highest BCUT2D eigenvalue weighted by Crippen LogP contribution is 2.45. The van der Waals surface area contributed by atoms with Crippen molar-refractivity contribution in [3.8, 4) is 23.0 Å². The number of ether oxygens (including phenoxy) is 3. The third-order valence-corrected chi connectivity index (χ3v) is 6.80. The van der Waals surface area contributed by atoms with E-state index in [-0.39, 0.29) is 11.7 Å². The minimum absolute atomic E-state index is 0.0174. The van der Waals surface area contributed by atoms with Crippen LogP contribution >= 0.6 is 0 Å². The SMILES string of the molecule is COc1ccc2c(c1)C(CC(=O)N(C)Cc1ccccc1)=C(C)/C2=C/Cc1cc(OC)c(O)c(OC)c1. The molecule has 192 valence electrons. The number of amides is 1. The van der Waals surface area contributed by atoms with Crippen LogP contribution in [0.2, 0.25) is 0 Å². The molecule has 0 aliphatic heterocycles. The molecule has 0 spiro atoms. The Kier molecular flexibility index (Phi) is 7.87. The van der Waals surface area contributed by atoms with Crippen molar-refractivity contribution in [2.24, 2.45) is 0 Å². The monoisotopic (exact) mass is 499 g/mol. The van der Waals surface area contributed by atoms with Crippen LogP contribution in [-0.4, -0.2) is 44.3 Å².